The molecular weight excluding hydrogens is 253 g/mol. The maximum Gasteiger partial charge on any atom is 0.329 e. The van der Waals surface area contributed by atoms with Gasteiger partial charge in [0.2, 0.25) is 0 Å². The zero-order chi connectivity index (χ0) is 11.1. The van der Waals surface area contributed by atoms with Crippen molar-refractivity contribution in [2.75, 3.05) is 13.2 Å². The van der Waals surface area contributed by atoms with Gasteiger partial charge in [0.25, 0.3) is 0 Å². The Morgan fingerprint density at radius 1 is 1.18 bits per heavy atom. The van der Waals surface area contributed by atoms with Crippen LogP contribution in [-0.4, -0.2) is 20.2 Å². The number of nitrogens with one attached hydrogen (secondary N) is 1. The van der Waals surface area contributed by atoms with E-state index in [2.05, 4.69) is 17.4 Å². The molecule has 17 heavy (non-hydrogen) atoms. The van der Waals surface area contributed by atoms with Crippen molar-refractivity contribution in [2.24, 2.45) is 0 Å². The van der Waals surface area contributed by atoms with Crippen LogP contribution in [0.15, 0.2) is 54.6 Å². The summed E-state index contributed by atoms with van der Waals surface area (Å²) >= 11 is 0. The number of hydrogen-bond acceptors (Lipinski definition) is 2. The normalized spacial score (nSPS) is 14.5. The van der Waals surface area contributed by atoms with E-state index in [4.69, 9.17) is 4.65 Å². The average Bonchev–Trinajstić information content (AvgIpc) is 3.07. The summed E-state index contributed by atoms with van der Waals surface area (Å²) in [6, 6.07) is 18.2. The van der Waals surface area contributed by atoms with Crippen molar-refractivity contribution in [1.29, 1.82) is 0 Å². The van der Waals surface area contributed by atoms with E-state index in [9.17, 15) is 0 Å². The molecule has 4 heteroatoms. The van der Waals surface area contributed by atoms with E-state index in [0.29, 0.717) is 0 Å². The van der Waals surface area contributed by atoms with Crippen molar-refractivity contribution in [2.45, 2.75) is 6.42 Å². The first-order valence-corrected chi connectivity index (χ1v) is 5.70. The second kappa shape index (κ2) is 8.32. The maximum absolute atomic E-state index is 5.51. The molecule has 1 aliphatic heterocycles. The zero-order valence-corrected chi connectivity index (χ0v) is 10.8. The van der Waals surface area contributed by atoms with Gasteiger partial charge in [-0.2, -0.15) is 41.9 Å². The third kappa shape index (κ3) is 4.92. The third-order valence-corrected chi connectivity index (χ3v) is 2.48. The van der Waals surface area contributed by atoms with Crippen molar-refractivity contribution in [3.63, 3.8) is 0 Å². The predicted molar refractivity (Wildman–Crippen MR) is 68.0 cm³/mol. The molecule has 0 atom stereocenters. The van der Waals surface area contributed by atoms with E-state index in [-0.39, 0.29) is 24.1 Å². The minimum atomic E-state index is 0. The maximum atomic E-state index is 5.51. The molecule has 1 fully saturated rings. The average molecular weight is 269 g/mol. The molecule has 1 aliphatic rings. The van der Waals surface area contributed by atoms with Crippen LogP contribution in [0.2, 0.25) is 0 Å². The van der Waals surface area contributed by atoms with Gasteiger partial charge in [-0.05, 0) is 13.0 Å². The molecule has 0 radical (unpaired) electrons. The van der Waals surface area contributed by atoms with E-state index in [1.165, 1.54) is 5.46 Å². The molecule has 0 aromatic heterocycles. The van der Waals surface area contributed by atoms with Gasteiger partial charge in [-0.3, -0.25) is 0 Å². The van der Waals surface area contributed by atoms with Crippen LogP contribution in [0, 0.1) is 0 Å². The topological polar surface area (TPSA) is 21.3 Å². The predicted octanol–water partition coefficient (Wildman–Crippen LogP) is 1.51. The van der Waals surface area contributed by atoms with Gasteiger partial charge in [0, 0.05) is 23.7 Å². The first-order valence-electron chi connectivity index (χ1n) is 5.70. The van der Waals surface area contributed by atoms with Crippen molar-refractivity contribution in [1.82, 2.24) is 5.23 Å². The Bertz CT molecular complexity index is 337. The molecule has 2 aromatic carbocycles. The van der Waals surface area contributed by atoms with Crippen LogP contribution in [0.25, 0.3) is 0 Å². The second-order valence-electron chi connectivity index (χ2n) is 3.74. The van der Waals surface area contributed by atoms with Crippen LogP contribution < -0.4 is 10.7 Å². The molecular formula is C13H16BFeNO-2. The van der Waals surface area contributed by atoms with Crippen molar-refractivity contribution in [3.8, 4) is 0 Å². The van der Waals surface area contributed by atoms with E-state index >= 15 is 0 Å². The monoisotopic (exact) mass is 269 g/mol. The van der Waals surface area contributed by atoms with Gasteiger partial charge < -0.3 is 9.88 Å². The molecule has 0 amide bonds. The summed E-state index contributed by atoms with van der Waals surface area (Å²) in [5.41, 5.74) is 1.24. The molecule has 0 aliphatic carbocycles. The summed E-state index contributed by atoms with van der Waals surface area (Å²) in [6.07, 6.45) is 1.12. The summed E-state index contributed by atoms with van der Waals surface area (Å²) in [5, 5.41) is 3.30. The largest absolute Gasteiger partial charge is 0.429 e. The number of hydrogen-bond donors (Lipinski definition) is 1. The van der Waals surface area contributed by atoms with Crippen LogP contribution in [0.5, 0.6) is 0 Å². The zero-order valence-electron chi connectivity index (χ0n) is 9.66. The Hall–Kier alpha value is -0.796. The molecule has 1 heterocycles. The van der Waals surface area contributed by atoms with Gasteiger partial charge in [-0.15, -0.1) is 0 Å². The SMILES string of the molecule is [Fe].c1cc(B2NCCCO2)c[cH-]1.c1cc[cH-]c1. The van der Waals surface area contributed by atoms with E-state index < -0.39 is 0 Å². The van der Waals surface area contributed by atoms with Crippen molar-refractivity contribution in [3.05, 3.63) is 54.6 Å². The van der Waals surface area contributed by atoms with E-state index in [0.717, 1.165) is 19.6 Å². The molecule has 1 N–H and O–H groups in total. The summed E-state index contributed by atoms with van der Waals surface area (Å²) in [6.45, 7) is 1.94. The van der Waals surface area contributed by atoms with E-state index in [1.807, 2.05) is 42.5 Å². The third-order valence-electron chi connectivity index (χ3n) is 2.48. The molecule has 0 saturated carbocycles. The Morgan fingerprint density at radius 2 is 2.00 bits per heavy atom. The molecule has 3 rings (SSSR count). The standard InChI is InChI=1S/C8H11BNO.C5H5.Fe/c1-2-5-8(4-1)9-10-6-3-7-11-9;1-2-4-5-3-1;/h1-2,4-5,10H,3,6-7H2;1-5H;/q2*-1;. The Balaban J connectivity index is 0.000000205. The summed E-state index contributed by atoms with van der Waals surface area (Å²) in [4.78, 5) is 0. The van der Waals surface area contributed by atoms with Crippen LogP contribution in [0.1, 0.15) is 6.42 Å². The van der Waals surface area contributed by atoms with Crippen LogP contribution in [0.4, 0.5) is 0 Å². The van der Waals surface area contributed by atoms with Crippen molar-refractivity contribution < 1.29 is 21.7 Å². The number of rotatable bonds is 1. The molecule has 0 unspecified atom stereocenters. The molecule has 2 nitrogen and oxygen atoms in total. The van der Waals surface area contributed by atoms with Gasteiger partial charge in [-0.25, -0.2) is 18.2 Å². The minimum Gasteiger partial charge on any atom is -0.429 e. The van der Waals surface area contributed by atoms with E-state index in [1.54, 1.807) is 0 Å². The quantitative estimate of drug-likeness (QED) is 0.626. The molecule has 2 aromatic rings. The minimum absolute atomic E-state index is 0. The van der Waals surface area contributed by atoms with Gasteiger partial charge in [0.05, 0.1) is 0 Å². The van der Waals surface area contributed by atoms with Crippen molar-refractivity contribution >= 4 is 12.5 Å². The Labute approximate surface area is 114 Å². The Kier molecular flexibility index (Phi) is 6.98. The summed E-state index contributed by atoms with van der Waals surface area (Å²) < 4.78 is 5.51. The molecule has 1 saturated heterocycles. The fourth-order valence-corrected chi connectivity index (χ4v) is 1.66. The van der Waals surface area contributed by atoms with Gasteiger partial charge in [0.15, 0.2) is 0 Å². The fraction of sp³-hybridized carbons (Fsp3) is 0.231. The second-order valence-corrected chi connectivity index (χ2v) is 3.74. The van der Waals surface area contributed by atoms with Gasteiger partial charge in [-0.1, -0.05) is 0 Å². The van der Waals surface area contributed by atoms with Crippen LogP contribution in [0.3, 0.4) is 0 Å². The van der Waals surface area contributed by atoms with Crippen LogP contribution >= 0.6 is 0 Å². The van der Waals surface area contributed by atoms with Gasteiger partial charge >= 0.3 is 7.05 Å². The smallest absolute Gasteiger partial charge is 0.329 e. The summed E-state index contributed by atoms with van der Waals surface area (Å²) in [7, 11) is 0.138. The molecule has 92 valence electrons. The first kappa shape index (κ1) is 14.3. The summed E-state index contributed by atoms with van der Waals surface area (Å²) in [5.74, 6) is 0. The van der Waals surface area contributed by atoms with Crippen LogP contribution in [-0.2, 0) is 21.7 Å². The fourth-order valence-electron chi connectivity index (χ4n) is 1.66. The molecule has 0 spiro atoms. The van der Waals surface area contributed by atoms with Gasteiger partial charge in [0.1, 0.15) is 0 Å². The Morgan fingerprint density at radius 3 is 2.47 bits per heavy atom. The molecule has 0 bridgehead atoms. The first-order chi connectivity index (χ1) is 7.97.